The van der Waals surface area contributed by atoms with Crippen LogP contribution in [0.2, 0.25) is 0 Å². The molecule has 9 heteroatoms. The maximum atomic E-state index is 14.0. The Balaban J connectivity index is 0.00000259. The molecule has 0 bridgehead atoms. The van der Waals surface area contributed by atoms with Crippen molar-refractivity contribution in [2.24, 2.45) is 0 Å². The van der Waals surface area contributed by atoms with Crippen molar-refractivity contribution in [3.05, 3.63) is 48.3 Å². The van der Waals surface area contributed by atoms with Gasteiger partial charge in [0.1, 0.15) is 23.5 Å². The van der Waals surface area contributed by atoms with Crippen molar-refractivity contribution in [2.75, 3.05) is 44.3 Å². The Morgan fingerprint density at radius 2 is 1.97 bits per heavy atom. The van der Waals surface area contributed by atoms with Crippen LogP contribution >= 0.6 is 0 Å². The number of phenolic OH excluding ortho intramolecular Hbond substituents is 1. The second-order valence-corrected chi connectivity index (χ2v) is 7.89. The standard InChI is InChI=1S/C23H23FN4O4.H2/c24-15-5-6-19-18(13-15)22(26-21(25-19)17-3-1-2-4-20(17)29)27-8-10-28(11-9-27)23(30)32-16-7-12-31-14-16;/h1-6,13,16,29H,7-12,14H2;1H/t16-;/m0./s1. The predicted octanol–water partition coefficient (Wildman–Crippen LogP) is 3.44. The summed E-state index contributed by atoms with van der Waals surface area (Å²) in [5, 5.41) is 10.9. The summed E-state index contributed by atoms with van der Waals surface area (Å²) in [5.41, 5.74) is 1.08. The number of rotatable bonds is 3. The average Bonchev–Trinajstić information content (AvgIpc) is 3.32. The van der Waals surface area contributed by atoms with E-state index in [9.17, 15) is 14.3 Å². The van der Waals surface area contributed by atoms with Gasteiger partial charge in [0.15, 0.2) is 5.82 Å². The van der Waals surface area contributed by atoms with E-state index in [0.717, 1.165) is 6.42 Å². The maximum Gasteiger partial charge on any atom is 0.410 e. The van der Waals surface area contributed by atoms with Gasteiger partial charge in [-0.3, -0.25) is 0 Å². The second kappa shape index (κ2) is 8.58. The van der Waals surface area contributed by atoms with Crippen LogP contribution in [0, 0.1) is 5.82 Å². The first kappa shape index (κ1) is 20.4. The molecule has 168 valence electrons. The Kier molecular flexibility index (Phi) is 5.48. The summed E-state index contributed by atoms with van der Waals surface area (Å²) in [6, 6.07) is 11.2. The van der Waals surface area contributed by atoms with E-state index >= 15 is 0 Å². The number of piperazine rings is 1. The number of amides is 1. The monoisotopic (exact) mass is 440 g/mol. The first-order valence-electron chi connectivity index (χ1n) is 10.6. The normalized spacial score (nSPS) is 18.8. The first-order chi connectivity index (χ1) is 15.6. The van der Waals surface area contributed by atoms with Gasteiger partial charge in [0.05, 0.1) is 24.3 Å². The molecule has 1 atom stereocenters. The van der Waals surface area contributed by atoms with E-state index in [1.54, 1.807) is 35.2 Å². The van der Waals surface area contributed by atoms with Gasteiger partial charge in [-0.05, 0) is 30.3 Å². The average molecular weight is 440 g/mol. The molecule has 1 aromatic heterocycles. The molecule has 2 aliphatic rings. The van der Waals surface area contributed by atoms with Crippen LogP contribution in [0.3, 0.4) is 0 Å². The third-order valence-corrected chi connectivity index (χ3v) is 5.78. The van der Waals surface area contributed by atoms with Gasteiger partial charge in [-0.15, -0.1) is 0 Å². The van der Waals surface area contributed by atoms with Crippen LogP contribution < -0.4 is 4.90 Å². The Morgan fingerprint density at radius 1 is 1.16 bits per heavy atom. The minimum Gasteiger partial charge on any atom is -0.507 e. The SMILES string of the molecule is O=C(O[C@H]1CCOC1)N1CCN(c2nc(-c3ccccc3O)nc3ccc(F)cc23)CC1.[HH]. The van der Waals surface area contributed by atoms with E-state index in [0.29, 0.717) is 67.5 Å². The minimum absolute atomic E-state index is 0. The number of phenols is 1. The van der Waals surface area contributed by atoms with Crippen LogP contribution in [0.1, 0.15) is 7.85 Å². The fraction of sp³-hybridized carbons (Fsp3) is 0.348. The molecule has 0 unspecified atom stereocenters. The van der Waals surface area contributed by atoms with Gasteiger partial charge < -0.3 is 24.4 Å². The molecule has 0 radical (unpaired) electrons. The molecule has 3 heterocycles. The van der Waals surface area contributed by atoms with Crippen molar-refractivity contribution in [1.82, 2.24) is 14.9 Å². The number of carbonyl (C=O) groups is 1. The van der Waals surface area contributed by atoms with E-state index in [1.807, 2.05) is 4.90 Å². The lowest BCUT2D eigenvalue weighted by Gasteiger charge is -2.35. The highest BCUT2D eigenvalue weighted by molar-refractivity contribution is 5.91. The van der Waals surface area contributed by atoms with Crippen molar-refractivity contribution in [2.45, 2.75) is 12.5 Å². The van der Waals surface area contributed by atoms with Gasteiger partial charge in [-0.25, -0.2) is 19.2 Å². The van der Waals surface area contributed by atoms with Gasteiger partial charge in [0, 0.05) is 39.4 Å². The van der Waals surface area contributed by atoms with Gasteiger partial charge >= 0.3 is 6.09 Å². The van der Waals surface area contributed by atoms with Crippen LogP contribution in [-0.4, -0.2) is 71.6 Å². The highest BCUT2D eigenvalue weighted by Gasteiger charge is 2.28. The molecular formula is C23H25FN4O4. The van der Waals surface area contributed by atoms with Crippen LogP contribution in [0.5, 0.6) is 5.75 Å². The molecule has 0 saturated carbocycles. The van der Waals surface area contributed by atoms with Gasteiger partial charge in [-0.2, -0.15) is 0 Å². The molecule has 3 aromatic rings. The number of para-hydroxylation sites is 1. The van der Waals surface area contributed by atoms with Crippen molar-refractivity contribution < 1.29 is 25.2 Å². The van der Waals surface area contributed by atoms with E-state index < -0.39 is 0 Å². The highest BCUT2D eigenvalue weighted by atomic mass is 19.1. The minimum atomic E-state index is -0.376. The predicted molar refractivity (Wildman–Crippen MR) is 118 cm³/mol. The summed E-state index contributed by atoms with van der Waals surface area (Å²) in [6.45, 7) is 3.00. The van der Waals surface area contributed by atoms with Crippen LogP contribution in [0.25, 0.3) is 22.3 Å². The molecule has 5 rings (SSSR count). The third-order valence-electron chi connectivity index (χ3n) is 5.78. The molecule has 2 fully saturated rings. The summed E-state index contributed by atoms with van der Waals surface area (Å²) in [7, 11) is 0. The quantitative estimate of drug-likeness (QED) is 0.668. The molecule has 1 amide bonds. The zero-order chi connectivity index (χ0) is 22.1. The lowest BCUT2D eigenvalue weighted by atomic mass is 10.1. The number of aromatic hydroxyl groups is 1. The topological polar surface area (TPSA) is 88.0 Å². The molecule has 2 aliphatic heterocycles. The van der Waals surface area contributed by atoms with E-state index in [1.165, 1.54) is 12.1 Å². The van der Waals surface area contributed by atoms with E-state index in [-0.39, 0.29) is 25.2 Å². The Labute approximate surface area is 185 Å². The molecule has 2 saturated heterocycles. The molecule has 32 heavy (non-hydrogen) atoms. The number of nitrogens with zero attached hydrogens (tertiary/aromatic N) is 4. The lowest BCUT2D eigenvalue weighted by Crippen LogP contribution is -2.49. The number of fused-ring (bicyclic) bond motifs is 1. The largest absolute Gasteiger partial charge is 0.507 e. The Hall–Kier alpha value is -3.46. The molecule has 8 nitrogen and oxygen atoms in total. The maximum absolute atomic E-state index is 14.0. The molecular weight excluding hydrogens is 415 g/mol. The summed E-state index contributed by atoms with van der Waals surface area (Å²) in [5.74, 6) is 0.632. The number of aromatic nitrogens is 2. The van der Waals surface area contributed by atoms with Crippen molar-refractivity contribution in [1.29, 1.82) is 0 Å². The molecule has 2 aromatic carbocycles. The summed E-state index contributed by atoms with van der Waals surface area (Å²) < 4.78 is 24.8. The smallest absolute Gasteiger partial charge is 0.410 e. The molecule has 0 spiro atoms. The fourth-order valence-electron chi connectivity index (χ4n) is 4.03. The van der Waals surface area contributed by atoms with Crippen LogP contribution in [0.15, 0.2) is 42.5 Å². The number of anilines is 1. The Bertz CT molecular complexity index is 1150. The number of carbonyl (C=O) groups excluding carboxylic acids is 1. The third kappa shape index (κ3) is 4.03. The Morgan fingerprint density at radius 3 is 2.72 bits per heavy atom. The number of halogens is 1. The fourth-order valence-corrected chi connectivity index (χ4v) is 4.03. The van der Waals surface area contributed by atoms with Crippen molar-refractivity contribution in [3.8, 4) is 17.1 Å². The van der Waals surface area contributed by atoms with Gasteiger partial charge in [0.25, 0.3) is 0 Å². The number of hydrogen-bond donors (Lipinski definition) is 1. The summed E-state index contributed by atoms with van der Waals surface area (Å²) >= 11 is 0. The van der Waals surface area contributed by atoms with E-state index in [2.05, 4.69) is 9.97 Å². The zero-order valence-electron chi connectivity index (χ0n) is 17.4. The van der Waals surface area contributed by atoms with Crippen molar-refractivity contribution in [3.63, 3.8) is 0 Å². The van der Waals surface area contributed by atoms with Crippen LogP contribution in [0.4, 0.5) is 15.0 Å². The highest BCUT2D eigenvalue weighted by Crippen LogP contribution is 2.32. The molecule has 1 N–H and O–H groups in total. The number of ether oxygens (including phenoxy) is 2. The number of benzene rings is 2. The van der Waals surface area contributed by atoms with Crippen molar-refractivity contribution >= 4 is 22.8 Å². The zero-order valence-corrected chi connectivity index (χ0v) is 17.4. The first-order valence-corrected chi connectivity index (χ1v) is 10.6. The lowest BCUT2D eigenvalue weighted by molar-refractivity contribution is 0.0534. The van der Waals surface area contributed by atoms with Crippen LogP contribution in [-0.2, 0) is 9.47 Å². The second-order valence-electron chi connectivity index (χ2n) is 7.89. The van der Waals surface area contributed by atoms with Gasteiger partial charge in [0.2, 0.25) is 0 Å². The summed E-state index contributed by atoms with van der Waals surface area (Å²) in [6.07, 6.45) is 0.198. The van der Waals surface area contributed by atoms with Gasteiger partial charge in [-0.1, -0.05) is 12.1 Å². The van der Waals surface area contributed by atoms with E-state index in [4.69, 9.17) is 9.47 Å². The number of hydrogen-bond acceptors (Lipinski definition) is 7. The summed E-state index contributed by atoms with van der Waals surface area (Å²) in [4.78, 5) is 25.4. The molecule has 0 aliphatic carbocycles.